The molecule has 1 aromatic heterocycles. The summed E-state index contributed by atoms with van der Waals surface area (Å²) in [4.78, 5) is 33.4. The predicted octanol–water partition coefficient (Wildman–Crippen LogP) is 4.97. The molecule has 1 unspecified atom stereocenters. The van der Waals surface area contributed by atoms with Gasteiger partial charge in [0.25, 0.3) is 0 Å². The van der Waals surface area contributed by atoms with Gasteiger partial charge in [0.05, 0.1) is 31.5 Å². The number of hydrogen-bond donors (Lipinski definition) is 3. The van der Waals surface area contributed by atoms with Crippen LogP contribution in [-0.2, 0) is 19.7 Å². The summed E-state index contributed by atoms with van der Waals surface area (Å²) in [5, 5.41) is 28.7. The number of hydrogen-bond acceptors (Lipinski definition) is 10. The maximum Gasteiger partial charge on any atom is 0.339 e. The normalized spacial score (nSPS) is 10.8. The van der Waals surface area contributed by atoms with Gasteiger partial charge in [0.2, 0.25) is 0 Å². The second kappa shape index (κ2) is 15.9. The van der Waals surface area contributed by atoms with E-state index in [1.165, 1.54) is 44.6 Å². The number of halogens is 2. The minimum atomic E-state index is -0.644. The number of phenols is 3. The first-order valence-corrected chi connectivity index (χ1v) is 13.4. The molecule has 0 fully saturated rings. The molecule has 1 heterocycles. The van der Waals surface area contributed by atoms with E-state index in [1.54, 1.807) is 20.8 Å². The van der Waals surface area contributed by atoms with Gasteiger partial charge in [-0.05, 0) is 26.3 Å². The summed E-state index contributed by atoms with van der Waals surface area (Å²) in [6, 6.07) is 6.97. The highest BCUT2D eigenvalue weighted by Gasteiger charge is 2.20. The van der Waals surface area contributed by atoms with E-state index in [0.29, 0.717) is 40.0 Å². The quantitative estimate of drug-likeness (QED) is 0.137. The van der Waals surface area contributed by atoms with E-state index >= 15 is 0 Å². The number of methoxy groups -OCH3 is 2. The molecule has 0 amide bonds. The van der Waals surface area contributed by atoms with Crippen molar-refractivity contribution < 1.29 is 43.5 Å². The summed E-state index contributed by atoms with van der Waals surface area (Å²) < 4.78 is 19.7. The molecule has 1 atom stereocenters. The van der Waals surface area contributed by atoms with Crippen LogP contribution in [-0.4, -0.2) is 53.2 Å². The van der Waals surface area contributed by atoms with E-state index in [1.807, 2.05) is 0 Å². The Labute approximate surface area is 236 Å². The highest BCUT2D eigenvalue weighted by Crippen LogP contribution is 2.34. The van der Waals surface area contributed by atoms with Crippen LogP contribution in [0, 0.1) is 12.8 Å². The lowest BCUT2D eigenvalue weighted by Crippen LogP contribution is -2.23. The van der Waals surface area contributed by atoms with Gasteiger partial charge in [0.15, 0.2) is 5.78 Å². The minimum absolute atomic E-state index is 0.00174. The molecule has 0 spiro atoms. The lowest BCUT2D eigenvalue weighted by atomic mass is 10.1. The van der Waals surface area contributed by atoms with Crippen LogP contribution in [0.3, 0.4) is 0 Å². The number of aromatic hydroxyl groups is 3. The molecule has 38 heavy (non-hydrogen) atoms. The van der Waals surface area contributed by atoms with Gasteiger partial charge in [0, 0.05) is 41.2 Å². The van der Waals surface area contributed by atoms with Crippen molar-refractivity contribution in [3.63, 3.8) is 0 Å². The van der Waals surface area contributed by atoms with Gasteiger partial charge in [-0.2, -0.15) is 0 Å². The van der Waals surface area contributed by atoms with Gasteiger partial charge in [-0.15, -0.1) is 0 Å². The number of phenolic OH excluding ortho intramolecular Hbond substituents is 3. The number of carbonyl (C=O) groups excluding carboxylic acids is 2. The zero-order valence-corrected chi connectivity index (χ0v) is 24.7. The third-order valence-electron chi connectivity index (χ3n) is 5.03. The maximum absolute atomic E-state index is 11.6. The largest absolute Gasteiger partial charge is 0.508 e. The Bertz CT molecular complexity index is 1280. The third-order valence-corrected chi connectivity index (χ3v) is 6.15. The van der Waals surface area contributed by atoms with Crippen molar-refractivity contribution in [2.75, 3.05) is 26.2 Å². The van der Waals surface area contributed by atoms with Crippen LogP contribution >= 0.6 is 31.9 Å². The number of fused-ring (bicyclic) bond motifs is 1. The Morgan fingerprint density at radius 3 is 2.03 bits per heavy atom. The van der Waals surface area contributed by atoms with Crippen molar-refractivity contribution in [1.82, 2.24) is 0 Å². The van der Waals surface area contributed by atoms with Crippen molar-refractivity contribution in [3.05, 3.63) is 51.9 Å². The van der Waals surface area contributed by atoms with Gasteiger partial charge in [-0.3, -0.25) is 9.59 Å². The second-order valence-corrected chi connectivity index (χ2v) is 8.73. The van der Waals surface area contributed by atoms with Gasteiger partial charge in [-0.1, -0.05) is 31.9 Å². The van der Waals surface area contributed by atoms with E-state index in [0.717, 1.165) is 5.56 Å². The van der Waals surface area contributed by atoms with Crippen LogP contribution in [0.1, 0.15) is 25.0 Å². The lowest BCUT2D eigenvalue weighted by molar-refractivity contribution is -0.150. The number of benzene rings is 2. The van der Waals surface area contributed by atoms with Gasteiger partial charge < -0.3 is 33.9 Å². The first-order chi connectivity index (χ1) is 17.9. The molecule has 0 saturated heterocycles. The van der Waals surface area contributed by atoms with E-state index in [2.05, 4.69) is 36.6 Å². The summed E-state index contributed by atoms with van der Waals surface area (Å²) in [5.41, 5.74) is 1.28. The number of esters is 1. The molecule has 0 bridgehead atoms. The first-order valence-electron chi connectivity index (χ1n) is 11.1. The maximum atomic E-state index is 11.6. The number of ketones is 1. The summed E-state index contributed by atoms with van der Waals surface area (Å²) in [6.45, 7) is 5.28. The minimum Gasteiger partial charge on any atom is -0.508 e. The summed E-state index contributed by atoms with van der Waals surface area (Å²) in [7, 11) is 2.97. The molecule has 3 aromatic rings. The number of rotatable bonds is 7. The van der Waals surface area contributed by atoms with Crippen LogP contribution in [0.4, 0.5) is 0 Å². The van der Waals surface area contributed by atoms with Crippen molar-refractivity contribution >= 4 is 54.6 Å². The SMILES string of the molecule is CCOC(=O)C(C)C(=O)CBr.COc1cc(O)cc(O)c1.COc1cc(O)cc2oc(=O)c(C)c(CBr)c12. The third kappa shape index (κ3) is 9.25. The van der Waals surface area contributed by atoms with Crippen LogP contribution in [0.5, 0.6) is 28.7 Å². The second-order valence-electron chi connectivity index (χ2n) is 7.61. The summed E-state index contributed by atoms with van der Waals surface area (Å²) in [6.07, 6.45) is 0. The Morgan fingerprint density at radius 2 is 1.55 bits per heavy atom. The molecule has 0 aliphatic heterocycles. The highest BCUT2D eigenvalue weighted by molar-refractivity contribution is 9.09. The zero-order chi connectivity index (χ0) is 29.0. The van der Waals surface area contributed by atoms with Crippen molar-refractivity contribution in [1.29, 1.82) is 0 Å². The predicted molar refractivity (Wildman–Crippen MR) is 149 cm³/mol. The van der Waals surface area contributed by atoms with Crippen LogP contribution in [0.15, 0.2) is 39.5 Å². The molecule has 0 aliphatic carbocycles. The van der Waals surface area contributed by atoms with Gasteiger partial charge in [-0.25, -0.2) is 4.79 Å². The highest BCUT2D eigenvalue weighted by atomic mass is 79.9. The summed E-state index contributed by atoms with van der Waals surface area (Å²) >= 11 is 6.32. The van der Waals surface area contributed by atoms with Crippen molar-refractivity contribution in [3.8, 4) is 28.7 Å². The van der Waals surface area contributed by atoms with E-state index in [4.69, 9.17) is 24.1 Å². The fourth-order valence-electron chi connectivity index (χ4n) is 2.97. The van der Waals surface area contributed by atoms with Gasteiger partial charge >= 0.3 is 11.6 Å². The molecule has 208 valence electrons. The molecule has 3 rings (SSSR count). The van der Waals surface area contributed by atoms with Crippen LogP contribution < -0.4 is 15.1 Å². The topological polar surface area (TPSA) is 153 Å². The smallest absolute Gasteiger partial charge is 0.339 e. The van der Waals surface area contributed by atoms with E-state index < -0.39 is 17.5 Å². The molecule has 0 radical (unpaired) electrons. The van der Waals surface area contributed by atoms with E-state index in [9.17, 15) is 19.5 Å². The molecule has 10 nitrogen and oxygen atoms in total. The van der Waals surface area contributed by atoms with Crippen LogP contribution in [0.25, 0.3) is 11.0 Å². The first kappa shape index (κ1) is 32.8. The Hall–Kier alpha value is -3.25. The van der Waals surface area contributed by atoms with Crippen molar-refractivity contribution in [2.24, 2.45) is 5.92 Å². The Balaban J connectivity index is 0.000000301. The number of ether oxygens (including phenoxy) is 3. The fraction of sp³-hybridized carbons (Fsp3) is 0.346. The molecule has 12 heteroatoms. The summed E-state index contributed by atoms with van der Waals surface area (Å²) in [5.74, 6) is -0.316. The van der Waals surface area contributed by atoms with Crippen LogP contribution in [0.2, 0.25) is 0 Å². The molecular weight excluding hydrogens is 632 g/mol. The fourth-order valence-corrected chi connectivity index (χ4v) is 4.16. The molecule has 2 aromatic carbocycles. The number of alkyl halides is 2. The molecule has 0 saturated carbocycles. The monoisotopic (exact) mass is 660 g/mol. The number of Topliss-reactive ketones (excluding diaryl/α,β-unsaturated/α-hetero) is 1. The average Bonchev–Trinajstić information content (AvgIpc) is 2.88. The van der Waals surface area contributed by atoms with Crippen molar-refractivity contribution in [2.45, 2.75) is 26.1 Å². The zero-order valence-electron chi connectivity index (χ0n) is 21.5. The average molecular weight is 662 g/mol. The number of carbonyl (C=O) groups is 2. The molecule has 0 aliphatic rings. The Kier molecular flexibility index (Phi) is 13.7. The molecular formula is C26H30Br2O10. The molecule has 3 N–H and O–H groups in total. The standard InChI is InChI=1S/C12H11BrO4.C7H11BrO3.C7H8O3/c1-6-8(5-13)11-9(16-2)3-7(14)4-10(11)17-12(6)15;1-3-11-7(10)5(2)6(9)4-8;1-10-7-3-5(8)2-6(9)4-7/h3-4,14H,5H2,1-2H3;5H,3-4H2,1-2H3;2-4,8-9H,1H3. The Morgan fingerprint density at radius 1 is 0.974 bits per heavy atom. The van der Waals surface area contributed by atoms with Gasteiger partial charge in [0.1, 0.15) is 40.2 Å². The van der Waals surface area contributed by atoms with E-state index in [-0.39, 0.29) is 28.4 Å². The lowest BCUT2D eigenvalue weighted by Gasteiger charge is -2.10.